The van der Waals surface area contributed by atoms with Crippen molar-refractivity contribution in [3.63, 3.8) is 0 Å². The summed E-state index contributed by atoms with van der Waals surface area (Å²) in [6.07, 6.45) is 7.09. The molecule has 7 heteroatoms. The third-order valence-corrected chi connectivity index (χ3v) is 8.01. The van der Waals surface area contributed by atoms with Crippen LogP contribution in [-0.4, -0.2) is 61.1 Å². The van der Waals surface area contributed by atoms with E-state index in [1.165, 1.54) is 43.4 Å². The summed E-state index contributed by atoms with van der Waals surface area (Å²) in [4.78, 5) is 17.9. The number of nitrogens with zero attached hydrogens (tertiary/aromatic N) is 2. The third kappa shape index (κ3) is 7.26. The Morgan fingerprint density at radius 1 is 0.806 bits per heavy atom. The lowest BCUT2D eigenvalue weighted by molar-refractivity contribution is 0.0882. The molecule has 3 aliphatic rings. The maximum Gasteiger partial charge on any atom is 0.319 e. The standard InChI is InChI=1S/C29H38F2N4O/c30-25-7-5-21(6-8-25)16-23-2-1-14-34(18-23)19-24-13-15-35(17-22-3-4-22)20-28(24)33-29(36)32-27-11-9-26(31)10-12-27/h5-12,22-24,28H,1-4,13-20H2,(H2,32,33,36)/t23-,24-,28-/m0/s1. The van der Waals surface area contributed by atoms with E-state index in [0.29, 0.717) is 17.5 Å². The maximum absolute atomic E-state index is 13.3. The van der Waals surface area contributed by atoms with Gasteiger partial charge in [-0.25, -0.2) is 13.6 Å². The van der Waals surface area contributed by atoms with E-state index in [2.05, 4.69) is 20.4 Å². The van der Waals surface area contributed by atoms with E-state index < -0.39 is 0 Å². The molecule has 5 nitrogen and oxygen atoms in total. The normalized spacial score (nSPS) is 25.4. The summed E-state index contributed by atoms with van der Waals surface area (Å²) in [6.45, 7) is 6.23. The van der Waals surface area contributed by atoms with Crippen molar-refractivity contribution in [2.45, 2.75) is 44.6 Å². The fraction of sp³-hybridized carbons (Fsp3) is 0.552. The van der Waals surface area contributed by atoms with Crippen molar-refractivity contribution in [3.8, 4) is 0 Å². The van der Waals surface area contributed by atoms with Crippen molar-refractivity contribution < 1.29 is 13.6 Å². The molecule has 3 fully saturated rings. The molecule has 1 aliphatic carbocycles. The first-order valence-corrected chi connectivity index (χ1v) is 13.5. The van der Waals surface area contributed by atoms with Crippen LogP contribution in [0.3, 0.4) is 0 Å². The maximum atomic E-state index is 13.3. The van der Waals surface area contributed by atoms with E-state index in [1.54, 1.807) is 24.3 Å². The number of halogens is 2. The molecule has 2 saturated heterocycles. The Morgan fingerprint density at radius 2 is 1.50 bits per heavy atom. The van der Waals surface area contributed by atoms with Crippen molar-refractivity contribution in [1.82, 2.24) is 15.1 Å². The first kappa shape index (κ1) is 25.2. The number of piperidine rings is 2. The van der Waals surface area contributed by atoms with Crippen LogP contribution in [0.15, 0.2) is 48.5 Å². The van der Waals surface area contributed by atoms with Crippen LogP contribution in [-0.2, 0) is 6.42 Å². The van der Waals surface area contributed by atoms with Gasteiger partial charge in [-0.05, 0) is 111 Å². The van der Waals surface area contributed by atoms with Crippen molar-refractivity contribution in [3.05, 3.63) is 65.7 Å². The molecule has 2 aromatic carbocycles. The molecule has 36 heavy (non-hydrogen) atoms. The number of anilines is 1. The number of carbonyl (C=O) groups excluding carboxylic acids is 1. The summed E-state index contributed by atoms with van der Waals surface area (Å²) in [5, 5.41) is 6.13. The van der Waals surface area contributed by atoms with Crippen LogP contribution in [0.5, 0.6) is 0 Å². The summed E-state index contributed by atoms with van der Waals surface area (Å²) >= 11 is 0. The number of likely N-dealkylation sites (tertiary alicyclic amines) is 2. The van der Waals surface area contributed by atoms with Gasteiger partial charge >= 0.3 is 6.03 Å². The Labute approximate surface area is 213 Å². The largest absolute Gasteiger partial charge is 0.334 e. The van der Waals surface area contributed by atoms with E-state index in [9.17, 15) is 13.6 Å². The molecule has 194 valence electrons. The molecule has 0 spiro atoms. The summed E-state index contributed by atoms with van der Waals surface area (Å²) in [7, 11) is 0. The SMILES string of the molecule is O=C(Nc1ccc(F)cc1)N[C@H]1CN(CC2CC2)CC[C@H]1CN1CCC[C@@H](Cc2ccc(F)cc2)C1. The lowest BCUT2D eigenvalue weighted by atomic mass is 9.87. The molecule has 2 aliphatic heterocycles. The monoisotopic (exact) mass is 496 g/mol. The zero-order valence-corrected chi connectivity index (χ0v) is 21.0. The van der Waals surface area contributed by atoms with E-state index in [1.807, 2.05) is 12.1 Å². The van der Waals surface area contributed by atoms with Crippen LogP contribution >= 0.6 is 0 Å². The fourth-order valence-corrected chi connectivity index (χ4v) is 5.92. The number of carbonyl (C=O) groups is 1. The van der Waals surface area contributed by atoms with Crippen LogP contribution in [0, 0.1) is 29.4 Å². The zero-order valence-electron chi connectivity index (χ0n) is 21.0. The Hall–Kier alpha value is -2.51. The van der Waals surface area contributed by atoms with Gasteiger partial charge < -0.3 is 20.4 Å². The average molecular weight is 497 g/mol. The van der Waals surface area contributed by atoms with Gasteiger partial charge in [-0.1, -0.05) is 12.1 Å². The van der Waals surface area contributed by atoms with Gasteiger partial charge in [0.15, 0.2) is 0 Å². The molecule has 0 radical (unpaired) electrons. The highest BCUT2D eigenvalue weighted by Crippen LogP contribution is 2.32. The molecular formula is C29H38F2N4O. The van der Waals surface area contributed by atoms with Crippen LogP contribution in [0.1, 0.15) is 37.7 Å². The number of hydrogen-bond donors (Lipinski definition) is 2. The zero-order chi connectivity index (χ0) is 24.9. The van der Waals surface area contributed by atoms with Gasteiger partial charge in [0, 0.05) is 37.9 Å². The minimum absolute atomic E-state index is 0.0791. The molecule has 2 amide bonds. The van der Waals surface area contributed by atoms with Gasteiger partial charge in [-0.3, -0.25) is 0 Å². The summed E-state index contributed by atoms with van der Waals surface area (Å²) in [5.41, 5.74) is 1.80. The number of nitrogens with one attached hydrogen (secondary N) is 2. The molecule has 2 heterocycles. The van der Waals surface area contributed by atoms with Gasteiger partial charge in [-0.15, -0.1) is 0 Å². The highest BCUT2D eigenvalue weighted by molar-refractivity contribution is 5.89. The van der Waals surface area contributed by atoms with Gasteiger partial charge in [0.1, 0.15) is 11.6 Å². The molecule has 1 saturated carbocycles. The summed E-state index contributed by atoms with van der Waals surface area (Å²) in [6, 6.07) is 12.7. The number of benzene rings is 2. The van der Waals surface area contributed by atoms with Crippen LogP contribution in [0.2, 0.25) is 0 Å². The molecular weight excluding hydrogens is 458 g/mol. The number of rotatable bonds is 8. The van der Waals surface area contributed by atoms with Crippen LogP contribution in [0.25, 0.3) is 0 Å². The quantitative estimate of drug-likeness (QED) is 0.532. The minimum atomic E-state index is -0.316. The molecule has 0 bridgehead atoms. The van der Waals surface area contributed by atoms with Gasteiger partial charge in [-0.2, -0.15) is 0 Å². The molecule has 5 rings (SSSR count). The molecule has 2 N–H and O–H groups in total. The lowest BCUT2D eigenvalue weighted by Gasteiger charge is -2.42. The summed E-state index contributed by atoms with van der Waals surface area (Å²) in [5.74, 6) is 1.29. The molecule has 3 atom stereocenters. The Morgan fingerprint density at radius 3 is 2.22 bits per heavy atom. The van der Waals surface area contributed by atoms with Crippen molar-refractivity contribution in [1.29, 1.82) is 0 Å². The van der Waals surface area contributed by atoms with Gasteiger partial charge in [0.2, 0.25) is 0 Å². The Balaban J connectivity index is 1.18. The molecule has 0 aromatic heterocycles. The van der Waals surface area contributed by atoms with Crippen LogP contribution in [0.4, 0.5) is 19.3 Å². The lowest BCUT2D eigenvalue weighted by Crippen LogP contribution is -2.56. The predicted molar refractivity (Wildman–Crippen MR) is 139 cm³/mol. The van der Waals surface area contributed by atoms with Crippen molar-refractivity contribution in [2.75, 3.05) is 44.6 Å². The highest BCUT2D eigenvalue weighted by atomic mass is 19.1. The number of urea groups is 1. The fourth-order valence-electron chi connectivity index (χ4n) is 5.92. The van der Waals surface area contributed by atoms with Crippen LogP contribution < -0.4 is 10.6 Å². The number of hydrogen-bond acceptors (Lipinski definition) is 3. The van der Waals surface area contributed by atoms with Crippen molar-refractivity contribution >= 4 is 11.7 Å². The van der Waals surface area contributed by atoms with E-state index >= 15 is 0 Å². The Bertz CT molecular complexity index is 995. The van der Waals surface area contributed by atoms with E-state index in [0.717, 1.165) is 58.0 Å². The second kappa shape index (κ2) is 11.7. The highest BCUT2D eigenvalue weighted by Gasteiger charge is 2.35. The van der Waals surface area contributed by atoms with E-state index in [-0.39, 0.29) is 23.7 Å². The first-order chi connectivity index (χ1) is 17.5. The molecule has 0 unspecified atom stereocenters. The smallest absolute Gasteiger partial charge is 0.319 e. The summed E-state index contributed by atoms with van der Waals surface area (Å²) < 4.78 is 26.5. The minimum Gasteiger partial charge on any atom is -0.334 e. The number of amides is 2. The third-order valence-electron chi connectivity index (χ3n) is 8.01. The topological polar surface area (TPSA) is 47.6 Å². The molecule has 2 aromatic rings. The second-order valence-electron chi connectivity index (χ2n) is 11.1. The predicted octanol–water partition coefficient (Wildman–Crippen LogP) is 5.14. The average Bonchev–Trinajstić information content (AvgIpc) is 3.68. The second-order valence-corrected chi connectivity index (χ2v) is 11.1. The first-order valence-electron chi connectivity index (χ1n) is 13.5. The van der Waals surface area contributed by atoms with Gasteiger partial charge in [0.25, 0.3) is 0 Å². The van der Waals surface area contributed by atoms with Crippen molar-refractivity contribution in [2.24, 2.45) is 17.8 Å². The van der Waals surface area contributed by atoms with Gasteiger partial charge in [0.05, 0.1) is 0 Å². The Kier molecular flexibility index (Phi) is 8.17. The van der Waals surface area contributed by atoms with E-state index in [4.69, 9.17) is 0 Å².